The molecular formula is C13H14BrN5O2. The standard InChI is InChI=1S/C13H14BrN5O2/c1-7-4-10(9(3)20-7)13-17-16-12(21-13)6-19-5-11(8(2)14)15-18-19/h4-5,8H,6H2,1-3H3. The molecule has 0 aliphatic carbocycles. The molecule has 7 nitrogen and oxygen atoms in total. The van der Waals surface area contributed by atoms with Gasteiger partial charge in [-0.3, -0.25) is 0 Å². The summed E-state index contributed by atoms with van der Waals surface area (Å²) >= 11 is 3.45. The quantitative estimate of drug-likeness (QED) is 0.671. The molecule has 21 heavy (non-hydrogen) atoms. The van der Waals surface area contributed by atoms with Crippen LogP contribution in [0.3, 0.4) is 0 Å². The maximum Gasteiger partial charge on any atom is 0.251 e. The van der Waals surface area contributed by atoms with Gasteiger partial charge in [-0.15, -0.1) is 15.3 Å². The monoisotopic (exact) mass is 351 g/mol. The Hall–Kier alpha value is -1.96. The summed E-state index contributed by atoms with van der Waals surface area (Å²) in [5, 5.41) is 16.2. The van der Waals surface area contributed by atoms with Gasteiger partial charge in [0.2, 0.25) is 5.89 Å². The smallest absolute Gasteiger partial charge is 0.251 e. The summed E-state index contributed by atoms with van der Waals surface area (Å²) in [6, 6.07) is 1.88. The normalized spacial score (nSPS) is 12.8. The van der Waals surface area contributed by atoms with Crippen molar-refractivity contribution in [1.29, 1.82) is 0 Å². The van der Waals surface area contributed by atoms with Gasteiger partial charge in [-0.1, -0.05) is 21.1 Å². The molecule has 0 amide bonds. The van der Waals surface area contributed by atoms with Crippen LogP contribution in [0.15, 0.2) is 21.1 Å². The van der Waals surface area contributed by atoms with Crippen LogP contribution in [0.4, 0.5) is 0 Å². The fourth-order valence-corrected chi connectivity index (χ4v) is 2.19. The van der Waals surface area contributed by atoms with E-state index >= 15 is 0 Å². The van der Waals surface area contributed by atoms with Crippen molar-refractivity contribution in [3.8, 4) is 11.5 Å². The highest BCUT2D eigenvalue weighted by molar-refractivity contribution is 9.09. The fourth-order valence-electron chi connectivity index (χ4n) is 1.98. The van der Waals surface area contributed by atoms with Gasteiger partial charge in [0, 0.05) is 0 Å². The van der Waals surface area contributed by atoms with Crippen LogP contribution in [0, 0.1) is 13.8 Å². The van der Waals surface area contributed by atoms with Crippen LogP contribution in [-0.4, -0.2) is 25.2 Å². The molecule has 0 saturated carbocycles. The van der Waals surface area contributed by atoms with Crippen molar-refractivity contribution in [3.63, 3.8) is 0 Å². The van der Waals surface area contributed by atoms with Crippen LogP contribution in [0.1, 0.15) is 34.9 Å². The number of furan rings is 1. The predicted molar refractivity (Wildman–Crippen MR) is 77.9 cm³/mol. The highest BCUT2D eigenvalue weighted by Gasteiger charge is 2.15. The Morgan fingerprint density at radius 3 is 2.67 bits per heavy atom. The summed E-state index contributed by atoms with van der Waals surface area (Å²) < 4.78 is 12.8. The van der Waals surface area contributed by atoms with Crippen molar-refractivity contribution in [2.45, 2.75) is 32.1 Å². The van der Waals surface area contributed by atoms with Crippen LogP contribution in [-0.2, 0) is 6.54 Å². The molecule has 0 N–H and O–H groups in total. The van der Waals surface area contributed by atoms with Crippen LogP contribution in [0.5, 0.6) is 0 Å². The molecule has 0 aliphatic rings. The maximum absolute atomic E-state index is 5.65. The third-order valence-corrected chi connectivity index (χ3v) is 3.47. The summed E-state index contributed by atoms with van der Waals surface area (Å²) in [6.07, 6.45) is 1.84. The van der Waals surface area contributed by atoms with Crippen molar-refractivity contribution in [1.82, 2.24) is 25.2 Å². The minimum Gasteiger partial charge on any atom is -0.466 e. The maximum atomic E-state index is 5.65. The molecule has 0 saturated heterocycles. The minimum absolute atomic E-state index is 0.154. The lowest BCUT2D eigenvalue weighted by atomic mass is 10.2. The molecule has 0 aromatic carbocycles. The molecule has 1 atom stereocenters. The third-order valence-electron chi connectivity index (χ3n) is 3.00. The van der Waals surface area contributed by atoms with Crippen molar-refractivity contribution in [2.24, 2.45) is 0 Å². The first-order valence-electron chi connectivity index (χ1n) is 6.47. The molecule has 8 heteroatoms. The van der Waals surface area contributed by atoms with Gasteiger partial charge in [0.1, 0.15) is 18.1 Å². The lowest BCUT2D eigenvalue weighted by Gasteiger charge is -1.95. The Kier molecular flexibility index (Phi) is 3.62. The van der Waals surface area contributed by atoms with E-state index in [1.54, 1.807) is 4.68 Å². The first kappa shape index (κ1) is 14.0. The van der Waals surface area contributed by atoms with Crippen LogP contribution < -0.4 is 0 Å². The van der Waals surface area contributed by atoms with Gasteiger partial charge in [0.05, 0.1) is 22.3 Å². The van der Waals surface area contributed by atoms with Crippen molar-refractivity contribution >= 4 is 15.9 Å². The van der Waals surface area contributed by atoms with Crippen molar-refractivity contribution < 1.29 is 8.83 Å². The third kappa shape index (κ3) is 2.90. The van der Waals surface area contributed by atoms with Gasteiger partial charge >= 0.3 is 0 Å². The number of hydrogen-bond acceptors (Lipinski definition) is 6. The summed E-state index contributed by atoms with van der Waals surface area (Å²) in [5.74, 6) is 2.50. The number of halogens is 1. The first-order chi connectivity index (χ1) is 10.0. The lowest BCUT2D eigenvalue weighted by Crippen LogP contribution is -2.00. The van der Waals surface area contributed by atoms with Crippen LogP contribution in [0.2, 0.25) is 0 Å². The molecule has 1 unspecified atom stereocenters. The van der Waals surface area contributed by atoms with E-state index in [-0.39, 0.29) is 4.83 Å². The molecule has 3 aromatic rings. The highest BCUT2D eigenvalue weighted by Crippen LogP contribution is 2.25. The Balaban J connectivity index is 1.80. The average molecular weight is 352 g/mol. The SMILES string of the molecule is Cc1cc(-c2nnc(Cn3cc(C(C)Br)nn3)o2)c(C)o1. The van der Waals surface area contributed by atoms with E-state index in [0.717, 1.165) is 22.8 Å². The molecule has 3 heterocycles. The second-order valence-corrected chi connectivity index (χ2v) is 6.16. The van der Waals surface area contributed by atoms with Crippen LogP contribution >= 0.6 is 15.9 Å². The highest BCUT2D eigenvalue weighted by atomic mass is 79.9. The van der Waals surface area contributed by atoms with E-state index in [2.05, 4.69) is 36.4 Å². The molecule has 3 aromatic heterocycles. The zero-order chi connectivity index (χ0) is 15.0. The molecule has 0 aliphatic heterocycles. The predicted octanol–water partition coefficient (Wildman–Crippen LogP) is 3.04. The number of hydrogen-bond donors (Lipinski definition) is 0. The Morgan fingerprint density at radius 2 is 2.05 bits per heavy atom. The number of aryl methyl sites for hydroxylation is 2. The van der Waals surface area contributed by atoms with Gasteiger partial charge in [-0.25, -0.2) is 4.68 Å². The second kappa shape index (κ2) is 5.44. The average Bonchev–Trinajstić information content (AvgIpc) is 3.10. The first-order valence-corrected chi connectivity index (χ1v) is 7.38. The van der Waals surface area contributed by atoms with Gasteiger partial charge in [-0.2, -0.15) is 0 Å². The fraction of sp³-hybridized carbons (Fsp3) is 0.385. The van der Waals surface area contributed by atoms with Gasteiger partial charge < -0.3 is 8.83 Å². The van der Waals surface area contributed by atoms with E-state index < -0.39 is 0 Å². The minimum atomic E-state index is 0.154. The van der Waals surface area contributed by atoms with Gasteiger partial charge in [-0.05, 0) is 26.8 Å². The Morgan fingerprint density at radius 1 is 1.24 bits per heavy atom. The van der Waals surface area contributed by atoms with E-state index in [9.17, 15) is 0 Å². The Labute approximate surface area is 129 Å². The molecule has 0 radical (unpaired) electrons. The second-order valence-electron chi connectivity index (χ2n) is 4.78. The summed E-state index contributed by atoms with van der Waals surface area (Å²) in [7, 11) is 0. The van der Waals surface area contributed by atoms with Gasteiger partial charge in [0.25, 0.3) is 5.89 Å². The van der Waals surface area contributed by atoms with E-state index in [1.807, 2.05) is 33.0 Å². The Bertz CT molecular complexity index is 758. The largest absolute Gasteiger partial charge is 0.466 e. The van der Waals surface area contributed by atoms with Crippen molar-refractivity contribution in [3.05, 3.63) is 35.4 Å². The summed E-state index contributed by atoms with van der Waals surface area (Å²) in [6.45, 7) is 6.12. The molecule has 110 valence electrons. The molecule has 0 fully saturated rings. The summed E-state index contributed by atoms with van der Waals surface area (Å²) in [4.78, 5) is 0.154. The molecule has 3 rings (SSSR count). The zero-order valence-corrected chi connectivity index (χ0v) is 13.5. The number of alkyl halides is 1. The number of nitrogens with zero attached hydrogens (tertiary/aromatic N) is 5. The van der Waals surface area contributed by atoms with E-state index in [0.29, 0.717) is 18.3 Å². The number of rotatable bonds is 4. The molecular weight excluding hydrogens is 338 g/mol. The molecule has 0 bridgehead atoms. The summed E-state index contributed by atoms with van der Waals surface area (Å²) in [5.41, 5.74) is 1.68. The lowest BCUT2D eigenvalue weighted by molar-refractivity contribution is 0.466. The van der Waals surface area contributed by atoms with E-state index in [1.165, 1.54) is 0 Å². The van der Waals surface area contributed by atoms with Gasteiger partial charge in [0.15, 0.2) is 0 Å². The zero-order valence-electron chi connectivity index (χ0n) is 11.9. The van der Waals surface area contributed by atoms with Crippen molar-refractivity contribution in [2.75, 3.05) is 0 Å². The molecule has 0 spiro atoms. The van der Waals surface area contributed by atoms with E-state index in [4.69, 9.17) is 8.83 Å². The number of aromatic nitrogens is 5. The topological polar surface area (TPSA) is 82.8 Å². The van der Waals surface area contributed by atoms with Crippen LogP contribution in [0.25, 0.3) is 11.5 Å².